The molecule has 0 aromatic heterocycles. The SMILES string of the molecule is CCC(C)(C)NC(=O)C(C)N1CC(=O)NCC1C(=O)O. The van der Waals surface area contributed by atoms with Gasteiger partial charge >= 0.3 is 5.97 Å². The summed E-state index contributed by atoms with van der Waals surface area (Å²) in [7, 11) is 0. The highest BCUT2D eigenvalue weighted by molar-refractivity contribution is 5.87. The van der Waals surface area contributed by atoms with Crippen LogP contribution in [0.25, 0.3) is 0 Å². The molecule has 0 bridgehead atoms. The van der Waals surface area contributed by atoms with Crippen molar-refractivity contribution in [3.8, 4) is 0 Å². The lowest BCUT2D eigenvalue weighted by Gasteiger charge is -2.37. The van der Waals surface area contributed by atoms with Gasteiger partial charge in [-0.25, -0.2) is 0 Å². The first-order valence-electron chi connectivity index (χ1n) is 6.75. The Morgan fingerprint density at radius 3 is 2.65 bits per heavy atom. The number of piperazine rings is 1. The molecule has 1 fully saturated rings. The van der Waals surface area contributed by atoms with E-state index in [0.717, 1.165) is 6.42 Å². The third-order valence-electron chi connectivity index (χ3n) is 3.73. The number of nitrogens with zero attached hydrogens (tertiary/aromatic N) is 1. The van der Waals surface area contributed by atoms with E-state index in [-0.39, 0.29) is 30.4 Å². The van der Waals surface area contributed by atoms with Crippen molar-refractivity contribution in [1.82, 2.24) is 15.5 Å². The number of carbonyl (C=O) groups is 3. The van der Waals surface area contributed by atoms with Crippen LogP contribution in [0.2, 0.25) is 0 Å². The van der Waals surface area contributed by atoms with E-state index in [0.29, 0.717) is 0 Å². The fourth-order valence-corrected chi connectivity index (χ4v) is 1.97. The van der Waals surface area contributed by atoms with Crippen molar-refractivity contribution in [3.05, 3.63) is 0 Å². The maximum absolute atomic E-state index is 12.2. The lowest BCUT2D eigenvalue weighted by Crippen LogP contribution is -2.63. The Balaban J connectivity index is 2.81. The first kappa shape index (κ1) is 16.4. The molecule has 1 heterocycles. The molecule has 2 unspecified atom stereocenters. The van der Waals surface area contributed by atoms with Gasteiger partial charge in [-0.05, 0) is 27.2 Å². The van der Waals surface area contributed by atoms with Crippen LogP contribution in [0.1, 0.15) is 34.1 Å². The van der Waals surface area contributed by atoms with E-state index < -0.39 is 18.1 Å². The number of carboxylic acid groups (broad SMARTS) is 1. The Labute approximate surface area is 118 Å². The monoisotopic (exact) mass is 285 g/mol. The predicted molar refractivity (Wildman–Crippen MR) is 73.1 cm³/mol. The normalized spacial score (nSPS) is 22.0. The van der Waals surface area contributed by atoms with Crippen molar-refractivity contribution in [2.24, 2.45) is 0 Å². The van der Waals surface area contributed by atoms with Gasteiger partial charge in [0.05, 0.1) is 12.6 Å². The number of carboxylic acids is 1. The Bertz CT molecular complexity index is 408. The molecular formula is C13H23N3O4. The van der Waals surface area contributed by atoms with E-state index >= 15 is 0 Å². The molecule has 7 heteroatoms. The highest BCUT2D eigenvalue weighted by Crippen LogP contribution is 2.13. The van der Waals surface area contributed by atoms with Crippen LogP contribution in [0.5, 0.6) is 0 Å². The first-order chi connectivity index (χ1) is 9.18. The number of nitrogens with one attached hydrogen (secondary N) is 2. The van der Waals surface area contributed by atoms with Crippen LogP contribution in [0.15, 0.2) is 0 Å². The summed E-state index contributed by atoms with van der Waals surface area (Å²) in [6, 6.07) is -1.55. The Hall–Kier alpha value is -1.63. The summed E-state index contributed by atoms with van der Waals surface area (Å²) >= 11 is 0. The minimum Gasteiger partial charge on any atom is -0.480 e. The zero-order valence-corrected chi connectivity index (χ0v) is 12.4. The summed E-state index contributed by atoms with van der Waals surface area (Å²) < 4.78 is 0. The molecule has 0 aromatic rings. The van der Waals surface area contributed by atoms with Gasteiger partial charge in [-0.1, -0.05) is 6.92 Å². The molecule has 0 spiro atoms. The van der Waals surface area contributed by atoms with Crippen molar-refractivity contribution < 1.29 is 19.5 Å². The molecule has 0 saturated carbocycles. The largest absolute Gasteiger partial charge is 0.480 e. The van der Waals surface area contributed by atoms with Gasteiger partial charge in [-0.3, -0.25) is 19.3 Å². The number of hydrogen-bond donors (Lipinski definition) is 3. The molecule has 2 amide bonds. The number of rotatable bonds is 5. The van der Waals surface area contributed by atoms with E-state index in [2.05, 4.69) is 10.6 Å². The van der Waals surface area contributed by atoms with E-state index in [1.165, 1.54) is 4.90 Å². The first-order valence-corrected chi connectivity index (χ1v) is 6.75. The fourth-order valence-electron chi connectivity index (χ4n) is 1.97. The fraction of sp³-hybridized carbons (Fsp3) is 0.769. The van der Waals surface area contributed by atoms with Gasteiger partial charge in [0.25, 0.3) is 0 Å². The molecule has 114 valence electrons. The molecule has 1 saturated heterocycles. The van der Waals surface area contributed by atoms with Crippen molar-refractivity contribution >= 4 is 17.8 Å². The molecule has 3 N–H and O–H groups in total. The molecule has 2 atom stereocenters. The Morgan fingerprint density at radius 2 is 2.15 bits per heavy atom. The maximum Gasteiger partial charge on any atom is 0.322 e. The molecule has 1 aliphatic heterocycles. The predicted octanol–water partition coefficient (Wildman–Crippen LogP) is -0.435. The number of hydrogen-bond acceptors (Lipinski definition) is 4. The minimum atomic E-state index is -1.04. The summed E-state index contributed by atoms with van der Waals surface area (Å²) in [6.07, 6.45) is 0.758. The van der Waals surface area contributed by atoms with Crippen LogP contribution < -0.4 is 10.6 Å². The number of aliphatic carboxylic acids is 1. The standard InChI is InChI=1S/C13H23N3O4/c1-5-13(3,4)15-11(18)8(2)16-7-10(17)14-6-9(16)12(19)20/h8-9H,5-7H2,1-4H3,(H,14,17)(H,15,18)(H,19,20). The van der Waals surface area contributed by atoms with Crippen LogP contribution in [0.4, 0.5) is 0 Å². The van der Waals surface area contributed by atoms with Crippen LogP contribution in [-0.2, 0) is 14.4 Å². The van der Waals surface area contributed by atoms with Crippen LogP contribution in [0.3, 0.4) is 0 Å². The molecular weight excluding hydrogens is 262 g/mol. The van der Waals surface area contributed by atoms with Gasteiger partial charge in [0, 0.05) is 12.1 Å². The van der Waals surface area contributed by atoms with Crippen molar-refractivity contribution in [2.45, 2.75) is 51.7 Å². The van der Waals surface area contributed by atoms with Crippen molar-refractivity contribution in [1.29, 1.82) is 0 Å². The molecule has 1 rings (SSSR count). The lowest BCUT2D eigenvalue weighted by molar-refractivity contribution is -0.148. The zero-order chi connectivity index (χ0) is 15.5. The lowest BCUT2D eigenvalue weighted by atomic mass is 10.0. The molecule has 0 radical (unpaired) electrons. The third-order valence-corrected chi connectivity index (χ3v) is 3.73. The Kier molecular flexibility index (Phi) is 5.10. The topological polar surface area (TPSA) is 98.7 Å². The summed E-state index contributed by atoms with van der Waals surface area (Å²) in [5, 5.41) is 14.6. The van der Waals surface area contributed by atoms with Crippen molar-refractivity contribution in [2.75, 3.05) is 13.1 Å². The molecule has 0 aromatic carbocycles. The number of carbonyl (C=O) groups excluding carboxylic acids is 2. The van der Waals surface area contributed by atoms with Gasteiger partial charge in [0.1, 0.15) is 6.04 Å². The van der Waals surface area contributed by atoms with Crippen LogP contribution in [0, 0.1) is 0 Å². The molecule has 20 heavy (non-hydrogen) atoms. The van der Waals surface area contributed by atoms with Gasteiger partial charge < -0.3 is 15.7 Å². The van der Waals surface area contributed by atoms with E-state index in [4.69, 9.17) is 0 Å². The molecule has 0 aliphatic carbocycles. The molecule has 1 aliphatic rings. The quantitative estimate of drug-likeness (QED) is 0.636. The van der Waals surface area contributed by atoms with Gasteiger partial charge in [-0.2, -0.15) is 0 Å². The highest BCUT2D eigenvalue weighted by atomic mass is 16.4. The summed E-state index contributed by atoms with van der Waals surface area (Å²) in [6.45, 7) is 7.31. The van der Waals surface area contributed by atoms with Gasteiger partial charge in [0.15, 0.2) is 0 Å². The second-order valence-corrected chi connectivity index (χ2v) is 5.73. The third kappa shape index (κ3) is 3.93. The average molecular weight is 285 g/mol. The minimum absolute atomic E-state index is 0.0168. The Morgan fingerprint density at radius 1 is 1.55 bits per heavy atom. The maximum atomic E-state index is 12.2. The molecule has 7 nitrogen and oxygen atoms in total. The number of amides is 2. The zero-order valence-electron chi connectivity index (χ0n) is 12.4. The van der Waals surface area contributed by atoms with Gasteiger partial charge in [0.2, 0.25) is 11.8 Å². The van der Waals surface area contributed by atoms with Crippen molar-refractivity contribution in [3.63, 3.8) is 0 Å². The van der Waals surface area contributed by atoms with Gasteiger partial charge in [-0.15, -0.1) is 0 Å². The smallest absolute Gasteiger partial charge is 0.322 e. The highest BCUT2D eigenvalue weighted by Gasteiger charge is 2.38. The van der Waals surface area contributed by atoms with E-state index in [1.54, 1.807) is 6.92 Å². The second-order valence-electron chi connectivity index (χ2n) is 5.73. The van der Waals surface area contributed by atoms with E-state index in [1.807, 2.05) is 20.8 Å². The summed E-state index contributed by atoms with van der Waals surface area (Å²) in [5.41, 5.74) is -0.359. The second kappa shape index (κ2) is 6.21. The van der Waals surface area contributed by atoms with E-state index in [9.17, 15) is 19.5 Å². The summed E-state index contributed by atoms with van der Waals surface area (Å²) in [4.78, 5) is 36.3. The average Bonchev–Trinajstić information content (AvgIpc) is 2.36. The van der Waals surface area contributed by atoms with Crippen LogP contribution in [-0.4, -0.2) is 58.5 Å². The summed E-state index contributed by atoms with van der Waals surface area (Å²) in [5.74, 6) is -1.57. The van der Waals surface area contributed by atoms with Crippen LogP contribution >= 0.6 is 0 Å².